The van der Waals surface area contributed by atoms with Crippen LogP contribution in [0.15, 0.2) is 29.2 Å². The van der Waals surface area contributed by atoms with Gasteiger partial charge in [-0.3, -0.25) is 4.79 Å². The average molecular weight is 181 g/mol. The minimum absolute atomic E-state index is 0.676. The molecule has 0 aliphatic carbocycles. The summed E-state index contributed by atoms with van der Waals surface area (Å²) < 4.78 is 0. The largest absolute Gasteiger partial charge is 0.481 e. The molecular formula is C9H9O2S. The van der Waals surface area contributed by atoms with Crippen molar-refractivity contribution in [3.63, 3.8) is 0 Å². The van der Waals surface area contributed by atoms with Gasteiger partial charge in [-0.25, -0.2) is 0 Å². The van der Waals surface area contributed by atoms with Crippen molar-refractivity contribution >= 4 is 18.6 Å². The van der Waals surface area contributed by atoms with E-state index in [1.54, 1.807) is 24.3 Å². The van der Waals surface area contributed by atoms with Gasteiger partial charge in [0.1, 0.15) is 0 Å². The van der Waals surface area contributed by atoms with Gasteiger partial charge in [-0.05, 0) is 24.6 Å². The molecule has 0 aliphatic heterocycles. The fraction of sp³-hybridized carbons (Fsp3) is 0.111. The molecule has 1 radical (unpaired) electrons. The first-order valence-corrected chi connectivity index (χ1v) is 3.91. The van der Waals surface area contributed by atoms with E-state index in [0.717, 1.165) is 4.90 Å². The topological polar surface area (TPSA) is 37.3 Å². The van der Waals surface area contributed by atoms with Crippen LogP contribution in [0.2, 0.25) is 0 Å². The van der Waals surface area contributed by atoms with Crippen molar-refractivity contribution in [2.75, 3.05) is 0 Å². The molecule has 0 heterocycles. The van der Waals surface area contributed by atoms with Gasteiger partial charge < -0.3 is 5.11 Å². The summed E-state index contributed by atoms with van der Waals surface area (Å²) >= 11 is 4.10. The maximum absolute atomic E-state index is 10.5. The molecule has 12 heavy (non-hydrogen) atoms. The zero-order chi connectivity index (χ0) is 9.14. The van der Waals surface area contributed by atoms with E-state index < -0.39 is 11.9 Å². The normalized spacial score (nSPS) is 12.5. The minimum Gasteiger partial charge on any atom is -0.481 e. The van der Waals surface area contributed by atoms with Gasteiger partial charge in [-0.15, -0.1) is 12.6 Å². The molecule has 0 saturated carbocycles. The number of carbonyl (C=O) groups is 1. The standard InChI is InChI=1S/C9H9O2S/c1-6(9(10)11)7-3-2-4-8(12)5-7/h2-6,12H,1H2,(H,10,11). The highest BCUT2D eigenvalue weighted by atomic mass is 32.1. The fourth-order valence-electron chi connectivity index (χ4n) is 0.884. The van der Waals surface area contributed by atoms with Crippen LogP contribution in [0.3, 0.4) is 0 Å². The predicted molar refractivity (Wildman–Crippen MR) is 49.4 cm³/mol. The van der Waals surface area contributed by atoms with Crippen LogP contribution in [0.5, 0.6) is 0 Å². The Kier molecular flexibility index (Phi) is 2.76. The first-order valence-electron chi connectivity index (χ1n) is 3.46. The van der Waals surface area contributed by atoms with Crippen molar-refractivity contribution in [2.45, 2.75) is 10.8 Å². The van der Waals surface area contributed by atoms with E-state index in [-0.39, 0.29) is 0 Å². The third-order valence-electron chi connectivity index (χ3n) is 1.57. The van der Waals surface area contributed by atoms with Crippen molar-refractivity contribution in [1.29, 1.82) is 0 Å². The average Bonchev–Trinajstić information content (AvgIpc) is 2.03. The Balaban J connectivity index is 2.95. The highest BCUT2D eigenvalue weighted by molar-refractivity contribution is 7.80. The zero-order valence-corrected chi connectivity index (χ0v) is 7.29. The van der Waals surface area contributed by atoms with Gasteiger partial charge >= 0.3 is 5.97 Å². The molecule has 0 saturated heterocycles. The lowest BCUT2D eigenvalue weighted by Gasteiger charge is -2.05. The molecule has 1 atom stereocenters. The molecule has 0 bridgehead atoms. The lowest BCUT2D eigenvalue weighted by atomic mass is 10.0. The Labute approximate surface area is 76.6 Å². The quantitative estimate of drug-likeness (QED) is 0.684. The van der Waals surface area contributed by atoms with Crippen LogP contribution in [0, 0.1) is 6.92 Å². The highest BCUT2D eigenvalue weighted by Crippen LogP contribution is 2.17. The van der Waals surface area contributed by atoms with Gasteiger partial charge in [0.05, 0.1) is 5.92 Å². The number of hydrogen-bond acceptors (Lipinski definition) is 2. The molecule has 1 N–H and O–H groups in total. The molecular weight excluding hydrogens is 172 g/mol. The summed E-state index contributed by atoms with van der Waals surface area (Å²) in [6.07, 6.45) is 0. The predicted octanol–water partition coefficient (Wildman–Crippen LogP) is 1.98. The van der Waals surface area contributed by atoms with E-state index in [0.29, 0.717) is 5.56 Å². The third kappa shape index (κ3) is 2.01. The summed E-state index contributed by atoms with van der Waals surface area (Å²) in [5.41, 5.74) is 0.676. The van der Waals surface area contributed by atoms with Gasteiger partial charge in [0.15, 0.2) is 0 Å². The number of hydrogen-bond donors (Lipinski definition) is 2. The summed E-state index contributed by atoms with van der Waals surface area (Å²) in [7, 11) is 0. The molecule has 0 fully saturated rings. The number of thiol groups is 1. The maximum atomic E-state index is 10.5. The molecule has 1 rings (SSSR count). The van der Waals surface area contributed by atoms with Crippen LogP contribution in [-0.2, 0) is 4.79 Å². The van der Waals surface area contributed by atoms with Crippen molar-refractivity contribution in [3.8, 4) is 0 Å². The SMILES string of the molecule is [CH2]C(C(=O)O)c1cccc(S)c1. The number of carboxylic acid groups (broad SMARTS) is 1. The van der Waals surface area contributed by atoms with Crippen LogP contribution in [-0.4, -0.2) is 11.1 Å². The molecule has 0 aliphatic rings. The number of rotatable bonds is 2. The Morgan fingerprint density at radius 3 is 2.75 bits per heavy atom. The van der Waals surface area contributed by atoms with Crippen LogP contribution < -0.4 is 0 Å². The lowest BCUT2D eigenvalue weighted by molar-refractivity contribution is -0.137. The van der Waals surface area contributed by atoms with E-state index in [1.807, 2.05) is 0 Å². The van der Waals surface area contributed by atoms with Gasteiger partial charge in [0.2, 0.25) is 0 Å². The first kappa shape index (κ1) is 9.13. The van der Waals surface area contributed by atoms with Gasteiger partial charge in [0.25, 0.3) is 0 Å². The van der Waals surface area contributed by atoms with Crippen molar-refractivity contribution in [1.82, 2.24) is 0 Å². The molecule has 0 spiro atoms. The minimum atomic E-state index is -0.922. The van der Waals surface area contributed by atoms with Crippen molar-refractivity contribution in [2.24, 2.45) is 0 Å². The van der Waals surface area contributed by atoms with Crippen LogP contribution in [0.4, 0.5) is 0 Å². The molecule has 2 nitrogen and oxygen atoms in total. The second-order valence-electron chi connectivity index (χ2n) is 2.49. The lowest BCUT2D eigenvalue weighted by Crippen LogP contribution is -2.07. The molecule has 1 unspecified atom stereocenters. The number of carboxylic acids is 1. The summed E-state index contributed by atoms with van der Waals surface area (Å²) in [5.74, 6) is -1.63. The number of benzene rings is 1. The Hall–Kier alpha value is -0.960. The van der Waals surface area contributed by atoms with Gasteiger partial charge in [-0.2, -0.15) is 0 Å². The Morgan fingerprint density at radius 1 is 1.58 bits per heavy atom. The summed E-state index contributed by atoms with van der Waals surface area (Å²) in [5, 5.41) is 8.64. The molecule has 63 valence electrons. The van der Waals surface area contributed by atoms with E-state index >= 15 is 0 Å². The van der Waals surface area contributed by atoms with Gasteiger partial charge in [-0.1, -0.05) is 12.1 Å². The monoisotopic (exact) mass is 181 g/mol. The van der Waals surface area contributed by atoms with E-state index in [1.165, 1.54) is 0 Å². The Morgan fingerprint density at radius 2 is 2.25 bits per heavy atom. The smallest absolute Gasteiger partial charge is 0.310 e. The molecule has 3 heteroatoms. The van der Waals surface area contributed by atoms with E-state index in [4.69, 9.17) is 5.11 Å². The van der Waals surface area contributed by atoms with Crippen molar-refractivity contribution in [3.05, 3.63) is 36.8 Å². The van der Waals surface area contributed by atoms with Crippen molar-refractivity contribution < 1.29 is 9.90 Å². The summed E-state index contributed by atoms with van der Waals surface area (Å²) in [6, 6.07) is 6.99. The number of aliphatic carboxylic acids is 1. The first-order chi connectivity index (χ1) is 5.61. The third-order valence-corrected chi connectivity index (χ3v) is 1.85. The molecule has 1 aromatic rings. The van der Waals surface area contributed by atoms with Crippen LogP contribution in [0.25, 0.3) is 0 Å². The van der Waals surface area contributed by atoms with Crippen LogP contribution in [0.1, 0.15) is 11.5 Å². The Bertz CT molecular complexity index is 296. The van der Waals surface area contributed by atoms with E-state index in [2.05, 4.69) is 19.6 Å². The second-order valence-corrected chi connectivity index (χ2v) is 3.00. The molecule has 1 aromatic carbocycles. The molecule has 0 amide bonds. The van der Waals surface area contributed by atoms with E-state index in [9.17, 15) is 4.79 Å². The second kappa shape index (κ2) is 3.63. The summed E-state index contributed by atoms with van der Waals surface area (Å²) in [6.45, 7) is 3.52. The molecule has 0 aromatic heterocycles. The maximum Gasteiger partial charge on any atom is 0.310 e. The fourth-order valence-corrected chi connectivity index (χ4v) is 1.12. The van der Waals surface area contributed by atoms with Gasteiger partial charge in [0, 0.05) is 4.90 Å². The summed E-state index contributed by atoms with van der Waals surface area (Å²) in [4.78, 5) is 11.3. The van der Waals surface area contributed by atoms with Crippen LogP contribution >= 0.6 is 12.6 Å². The zero-order valence-electron chi connectivity index (χ0n) is 6.40. The highest BCUT2D eigenvalue weighted by Gasteiger charge is 2.12.